The summed E-state index contributed by atoms with van der Waals surface area (Å²) >= 11 is 5.94. The van der Waals surface area contributed by atoms with Gasteiger partial charge in [-0.05, 0) is 25.1 Å². The Morgan fingerprint density at radius 2 is 2.26 bits per heavy atom. The highest BCUT2D eigenvalue weighted by atomic mass is 35.5. The monoisotopic (exact) mass is 281 g/mol. The van der Waals surface area contributed by atoms with E-state index in [9.17, 15) is 9.59 Å². The second kappa shape index (κ2) is 5.48. The van der Waals surface area contributed by atoms with Crippen LogP contribution in [0.3, 0.4) is 0 Å². The van der Waals surface area contributed by atoms with Gasteiger partial charge in [-0.25, -0.2) is 0 Å². The lowest BCUT2D eigenvalue weighted by atomic mass is 10.1. The zero-order valence-corrected chi connectivity index (χ0v) is 11.6. The number of benzene rings is 1. The van der Waals surface area contributed by atoms with E-state index < -0.39 is 6.04 Å². The van der Waals surface area contributed by atoms with Gasteiger partial charge in [0.15, 0.2) is 0 Å². The van der Waals surface area contributed by atoms with Gasteiger partial charge in [0.1, 0.15) is 6.04 Å². The predicted octanol–water partition coefficient (Wildman–Crippen LogP) is 1.34. The van der Waals surface area contributed by atoms with Gasteiger partial charge in [-0.15, -0.1) is 0 Å². The molecule has 5 nitrogen and oxygen atoms in total. The topological polar surface area (TPSA) is 61.4 Å². The molecule has 0 aromatic heterocycles. The van der Waals surface area contributed by atoms with Crippen molar-refractivity contribution in [2.45, 2.75) is 13.0 Å². The van der Waals surface area contributed by atoms with Crippen LogP contribution in [0, 0.1) is 0 Å². The fraction of sp³-hybridized carbons (Fsp3) is 0.385. The van der Waals surface area contributed by atoms with E-state index in [1.54, 1.807) is 37.1 Å². The maximum atomic E-state index is 12.5. The van der Waals surface area contributed by atoms with Crippen LogP contribution in [0.1, 0.15) is 17.3 Å². The average Bonchev–Trinajstić information content (AvgIpc) is 2.41. The van der Waals surface area contributed by atoms with Crippen molar-refractivity contribution < 1.29 is 9.59 Å². The van der Waals surface area contributed by atoms with Crippen LogP contribution in [-0.4, -0.2) is 42.9 Å². The molecule has 1 atom stereocenters. The molecule has 2 amide bonds. The summed E-state index contributed by atoms with van der Waals surface area (Å²) in [6.07, 6.45) is 0. The van der Waals surface area contributed by atoms with E-state index in [4.69, 9.17) is 11.6 Å². The summed E-state index contributed by atoms with van der Waals surface area (Å²) in [5.41, 5.74) is 1.18. The number of carbonyl (C=O) groups excluding carboxylic acids is 2. The molecule has 19 heavy (non-hydrogen) atoms. The molecule has 0 saturated carbocycles. The molecule has 1 heterocycles. The van der Waals surface area contributed by atoms with Crippen LogP contribution in [0.5, 0.6) is 0 Å². The Kier molecular flexibility index (Phi) is 3.95. The van der Waals surface area contributed by atoms with Crippen molar-refractivity contribution in [3.8, 4) is 0 Å². The highest BCUT2D eigenvalue weighted by Gasteiger charge is 2.30. The Morgan fingerprint density at radius 1 is 1.53 bits per heavy atom. The van der Waals surface area contributed by atoms with Crippen molar-refractivity contribution in [2.75, 3.05) is 25.5 Å². The molecule has 0 spiro atoms. The number of amides is 2. The summed E-state index contributed by atoms with van der Waals surface area (Å²) in [5.74, 6) is -0.318. The van der Waals surface area contributed by atoms with Crippen molar-refractivity contribution in [3.05, 3.63) is 28.8 Å². The van der Waals surface area contributed by atoms with Gasteiger partial charge < -0.3 is 15.5 Å². The van der Waals surface area contributed by atoms with Crippen molar-refractivity contribution in [2.24, 2.45) is 0 Å². The van der Waals surface area contributed by atoms with E-state index in [0.717, 1.165) is 0 Å². The van der Waals surface area contributed by atoms with E-state index >= 15 is 0 Å². The molecule has 6 heteroatoms. The summed E-state index contributed by atoms with van der Waals surface area (Å²) in [5, 5.41) is 6.19. The third-order valence-electron chi connectivity index (χ3n) is 3.24. The normalized spacial score (nSPS) is 19.0. The molecule has 1 aromatic carbocycles. The van der Waals surface area contributed by atoms with Gasteiger partial charge in [-0.1, -0.05) is 11.6 Å². The van der Waals surface area contributed by atoms with Crippen LogP contribution in [0.15, 0.2) is 18.2 Å². The second-order valence-corrected chi connectivity index (χ2v) is 4.84. The summed E-state index contributed by atoms with van der Waals surface area (Å²) in [4.78, 5) is 25.7. The third kappa shape index (κ3) is 2.66. The number of piperazine rings is 1. The number of anilines is 1. The number of carbonyl (C=O) groups is 2. The molecule has 2 rings (SSSR count). The zero-order chi connectivity index (χ0) is 14.0. The fourth-order valence-electron chi connectivity index (χ4n) is 2.13. The first kappa shape index (κ1) is 13.7. The Bertz CT molecular complexity index is 519. The van der Waals surface area contributed by atoms with Crippen molar-refractivity contribution in [1.29, 1.82) is 0 Å². The molecular formula is C13H16ClN3O2. The number of hydrogen-bond donors (Lipinski definition) is 2. The lowest BCUT2D eigenvalue weighted by Gasteiger charge is -2.33. The maximum absolute atomic E-state index is 12.5. The maximum Gasteiger partial charge on any atom is 0.256 e. The average molecular weight is 282 g/mol. The minimum Gasteiger partial charge on any atom is -0.387 e. The smallest absolute Gasteiger partial charge is 0.256 e. The minimum absolute atomic E-state index is 0.132. The standard InChI is InChI=1S/C13H16ClN3O2/c1-8-12(18)16-5-6-17(8)13(19)10-7-9(14)3-4-11(10)15-2/h3-4,7-8,15H,5-6H2,1-2H3,(H,16,18). The van der Waals surface area contributed by atoms with Gasteiger partial charge in [-0.3, -0.25) is 9.59 Å². The predicted molar refractivity (Wildman–Crippen MR) is 74.5 cm³/mol. The van der Waals surface area contributed by atoms with Crippen LogP contribution in [0.2, 0.25) is 5.02 Å². The molecule has 1 aliphatic heterocycles. The Labute approximate surface area is 116 Å². The molecule has 2 N–H and O–H groups in total. The van der Waals surface area contributed by atoms with Gasteiger partial charge in [0, 0.05) is 30.8 Å². The SMILES string of the molecule is CNc1ccc(Cl)cc1C(=O)N1CCNC(=O)C1C. The van der Waals surface area contributed by atoms with Gasteiger partial charge in [-0.2, -0.15) is 0 Å². The zero-order valence-electron chi connectivity index (χ0n) is 10.9. The van der Waals surface area contributed by atoms with E-state index in [-0.39, 0.29) is 11.8 Å². The second-order valence-electron chi connectivity index (χ2n) is 4.41. The van der Waals surface area contributed by atoms with Crippen LogP contribution in [0.25, 0.3) is 0 Å². The Hall–Kier alpha value is -1.75. The summed E-state index contributed by atoms with van der Waals surface area (Å²) in [7, 11) is 1.74. The van der Waals surface area contributed by atoms with Gasteiger partial charge in [0.05, 0.1) is 5.56 Å². The van der Waals surface area contributed by atoms with Crippen LogP contribution in [-0.2, 0) is 4.79 Å². The highest BCUT2D eigenvalue weighted by Crippen LogP contribution is 2.23. The summed E-state index contributed by atoms with van der Waals surface area (Å²) < 4.78 is 0. The first-order valence-corrected chi connectivity index (χ1v) is 6.48. The molecular weight excluding hydrogens is 266 g/mol. The lowest BCUT2D eigenvalue weighted by molar-refractivity contribution is -0.127. The fourth-order valence-corrected chi connectivity index (χ4v) is 2.30. The number of nitrogens with one attached hydrogen (secondary N) is 2. The van der Waals surface area contributed by atoms with Gasteiger partial charge >= 0.3 is 0 Å². The van der Waals surface area contributed by atoms with Crippen molar-refractivity contribution in [3.63, 3.8) is 0 Å². The lowest BCUT2D eigenvalue weighted by Crippen LogP contribution is -2.55. The van der Waals surface area contributed by atoms with E-state index in [2.05, 4.69) is 10.6 Å². The van der Waals surface area contributed by atoms with E-state index in [1.807, 2.05) is 0 Å². The van der Waals surface area contributed by atoms with Gasteiger partial charge in [0.25, 0.3) is 5.91 Å². The van der Waals surface area contributed by atoms with E-state index in [0.29, 0.717) is 29.4 Å². The van der Waals surface area contributed by atoms with Crippen LogP contribution >= 0.6 is 11.6 Å². The molecule has 1 aromatic rings. The number of rotatable bonds is 2. The Morgan fingerprint density at radius 3 is 2.95 bits per heavy atom. The van der Waals surface area contributed by atoms with Crippen LogP contribution < -0.4 is 10.6 Å². The number of nitrogens with zero attached hydrogens (tertiary/aromatic N) is 1. The van der Waals surface area contributed by atoms with E-state index in [1.165, 1.54) is 0 Å². The largest absolute Gasteiger partial charge is 0.387 e. The first-order chi connectivity index (χ1) is 9.04. The minimum atomic E-state index is -0.468. The quantitative estimate of drug-likeness (QED) is 0.860. The van der Waals surface area contributed by atoms with Crippen LogP contribution in [0.4, 0.5) is 5.69 Å². The molecule has 102 valence electrons. The number of hydrogen-bond acceptors (Lipinski definition) is 3. The van der Waals surface area contributed by atoms with Gasteiger partial charge in [0.2, 0.25) is 5.91 Å². The molecule has 1 saturated heterocycles. The Balaban J connectivity index is 2.33. The third-order valence-corrected chi connectivity index (χ3v) is 3.48. The van der Waals surface area contributed by atoms with Crippen molar-refractivity contribution in [1.82, 2.24) is 10.2 Å². The van der Waals surface area contributed by atoms with Crippen molar-refractivity contribution >= 4 is 29.1 Å². The molecule has 0 aliphatic carbocycles. The molecule has 0 radical (unpaired) electrons. The molecule has 1 aliphatic rings. The first-order valence-electron chi connectivity index (χ1n) is 6.10. The molecule has 1 unspecified atom stereocenters. The summed E-state index contributed by atoms with van der Waals surface area (Å²) in [6.45, 7) is 2.70. The number of halogens is 1. The molecule has 1 fully saturated rings. The molecule has 0 bridgehead atoms. The highest BCUT2D eigenvalue weighted by molar-refractivity contribution is 6.31. The summed E-state index contributed by atoms with van der Waals surface area (Å²) in [6, 6.07) is 4.63.